The lowest BCUT2D eigenvalue weighted by Gasteiger charge is -2.19. The zero-order chi connectivity index (χ0) is 14.5. The Hall–Kier alpha value is -2.67. The van der Waals surface area contributed by atoms with Crippen LogP contribution in [0, 0.1) is 11.3 Å². The second-order valence-corrected chi connectivity index (χ2v) is 4.40. The highest BCUT2D eigenvalue weighted by Crippen LogP contribution is 2.23. The van der Waals surface area contributed by atoms with Gasteiger partial charge in [0.15, 0.2) is 5.78 Å². The highest BCUT2D eigenvalue weighted by atomic mass is 16.1. The van der Waals surface area contributed by atoms with Crippen LogP contribution in [0.3, 0.4) is 0 Å². The first-order valence-corrected chi connectivity index (χ1v) is 6.39. The molecule has 0 amide bonds. The van der Waals surface area contributed by atoms with E-state index in [1.165, 1.54) is 0 Å². The molecule has 100 valence electrons. The molecule has 0 atom stereocenters. The molecule has 0 bridgehead atoms. The summed E-state index contributed by atoms with van der Waals surface area (Å²) in [4.78, 5) is 17.7. The Morgan fingerprint density at radius 2 is 1.85 bits per heavy atom. The van der Waals surface area contributed by atoms with Gasteiger partial charge in [0, 0.05) is 19.2 Å². The number of carbonyl (C=O) groups excluding carboxylic acids is 1. The first-order chi connectivity index (χ1) is 9.65. The summed E-state index contributed by atoms with van der Waals surface area (Å²) in [5, 5.41) is 8.78. The summed E-state index contributed by atoms with van der Waals surface area (Å²) in [7, 11) is 1.92. The van der Waals surface area contributed by atoms with Crippen molar-refractivity contribution in [1.29, 1.82) is 5.26 Å². The van der Waals surface area contributed by atoms with Crippen molar-refractivity contribution in [1.82, 2.24) is 4.98 Å². The van der Waals surface area contributed by atoms with Crippen molar-refractivity contribution in [2.24, 2.45) is 0 Å². The van der Waals surface area contributed by atoms with Gasteiger partial charge in [-0.15, -0.1) is 0 Å². The maximum atomic E-state index is 11.5. The van der Waals surface area contributed by atoms with Crippen molar-refractivity contribution >= 4 is 17.2 Å². The third-order valence-corrected chi connectivity index (χ3v) is 3.13. The predicted molar refractivity (Wildman–Crippen MR) is 78.1 cm³/mol. The van der Waals surface area contributed by atoms with Gasteiger partial charge in [-0.3, -0.25) is 9.78 Å². The molecule has 4 heteroatoms. The fourth-order valence-corrected chi connectivity index (χ4v) is 1.84. The van der Waals surface area contributed by atoms with E-state index in [2.05, 4.69) is 11.1 Å². The van der Waals surface area contributed by atoms with Gasteiger partial charge in [0.05, 0.1) is 23.5 Å². The third kappa shape index (κ3) is 2.83. The molecule has 0 saturated carbocycles. The lowest BCUT2D eigenvalue weighted by atomic mass is 10.2. The molecule has 0 aliphatic rings. The van der Waals surface area contributed by atoms with Crippen LogP contribution in [0.4, 0.5) is 11.4 Å². The number of nitrogens with zero attached hydrogens (tertiary/aromatic N) is 3. The zero-order valence-corrected chi connectivity index (χ0v) is 11.5. The van der Waals surface area contributed by atoms with Gasteiger partial charge in [-0.2, -0.15) is 5.26 Å². The average Bonchev–Trinajstić information content (AvgIpc) is 2.53. The number of benzene rings is 1. The van der Waals surface area contributed by atoms with Crippen LogP contribution in [0.1, 0.15) is 29.4 Å². The van der Waals surface area contributed by atoms with E-state index in [1.807, 2.05) is 37.1 Å². The predicted octanol–water partition coefficient (Wildman–Crippen LogP) is 3.31. The Morgan fingerprint density at radius 3 is 2.35 bits per heavy atom. The van der Waals surface area contributed by atoms with E-state index in [0.29, 0.717) is 17.7 Å². The molecule has 2 rings (SSSR count). The maximum Gasteiger partial charge on any atom is 0.180 e. The zero-order valence-electron chi connectivity index (χ0n) is 11.5. The molecule has 0 saturated heterocycles. The van der Waals surface area contributed by atoms with Crippen LogP contribution in [-0.2, 0) is 0 Å². The minimum Gasteiger partial charge on any atom is -0.343 e. The molecule has 0 N–H and O–H groups in total. The number of hydrogen-bond acceptors (Lipinski definition) is 4. The van der Waals surface area contributed by atoms with Crippen LogP contribution in [-0.4, -0.2) is 17.8 Å². The minimum atomic E-state index is 0.0394. The Labute approximate surface area is 118 Å². The summed E-state index contributed by atoms with van der Waals surface area (Å²) >= 11 is 0. The summed E-state index contributed by atoms with van der Waals surface area (Å²) in [6, 6.07) is 13.0. The van der Waals surface area contributed by atoms with Gasteiger partial charge in [0.25, 0.3) is 0 Å². The average molecular weight is 265 g/mol. The molecule has 2 aromatic rings. The van der Waals surface area contributed by atoms with Crippen molar-refractivity contribution in [2.75, 3.05) is 11.9 Å². The molecule has 0 radical (unpaired) electrons. The van der Waals surface area contributed by atoms with Crippen LogP contribution in [0.25, 0.3) is 0 Å². The normalized spacial score (nSPS) is 9.85. The van der Waals surface area contributed by atoms with Gasteiger partial charge in [-0.05, 0) is 36.4 Å². The smallest absolute Gasteiger partial charge is 0.180 e. The quantitative estimate of drug-likeness (QED) is 0.796. The standard InChI is InChI=1S/C16H15N3O/c1-3-16(20)15-9-8-14(11-18-15)19(2)13-6-4-12(10-17)5-7-13/h4-9,11H,3H2,1-2H3. The van der Waals surface area contributed by atoms with Crippen LogP contribution in [0.5, 0.6) is 0 Å². The van der Waals surface area contributed by atoms with E-state index in [1.54, 1.807) is 24.4 Å². The van der Waals surface area contributed by atoms with Crippen molar-refractivity contribution in [3.8, 4) is 6.07 Å². The molecule has 1 aromatic heterocycles. The summed E-state index contributed by atoms with van der Waals surface area (Å²) in [6.07, 6.45) is 2.14. The molecule has 1 aromatic carbocycles. The first-order valence-electron chi connectivity index (χ1n) is 6.39. The molecule has 0 aliphatic heterocycles. The number of nitriles is 1. The third-order valence-electron chi connectivity index (χ3n) is 3.13. The fraction of sp³-hybridized carbons (Fsp3) is 0.188. The van der Waals surface area contributed by atoms with Crippen LogP contribution in [0.2, 0.25) is 0 Å². The number of rotatable bonds is 4. The van der Waals surface area contributed by atoms with Gasteiger partial charge < -0.3 is 4.90 Å². The van der Waals surface area contributed by atoms with E-state index < -0.39 is 0 Å². The van der Waals surface area contributed by atoms with E-state index in [4.69, 9.17) is 5.26 Å². The number of pyridine rings is 1. The second-order valence-electron chi connectivity index (χ2n) is 4.40. The molecule has 0 fully saturated rings. The lowest BCUT2D eigenvalue weighted by Crippen LogP contribution is -2.10. The van der Waals surface area contributed by atoms with Crippen molar-refractivity contribution in [3.05, 3.63) is 53.9 Å². The summed E-state index contributed by atoms with van der Waals surface area (Å²) in [6.45, 7) is 1.82. The fourth-order valence-electron chi connectivity index (χ4n) is 1.84. The molecular weight excluding hydrogens is 250 g/mol. The summed E-state index contributed by atoms with van der Waals surface area (Å²) < 4.78 is 0. The Kier molecular flexibility index (Phi) is 4.11. The van der Waals surface area contributed by atoms with Crippen molar-refractivity contribution in [2.45, 2.75) is 13.3 Å². The SMILES string of the molecule is CCC(=O)c1ccc(N(C)c2ccc(C#N)cc2)cn1. The molecule has 4 nitrogen and oxygen atoms in total. The molecule has 0 unspecified atom stereocenters. The molecule has 20 heavy (non-hydrogen) atoms. The van der Waals surface area contributed by atoms with E-state index in [9.17, 15) is 4.79 Å². The van der Waals surface area contributed by atoms with E-state index in [0.717, 1.165) is 11.4 Å². The molecular formula is C16H15N3O. The number of hydrogen-bond donors (Lipinski definition) is 0. The topological polar surface area (TPSA) is 57.0 Å². The highest BCUT2D eigenvalue weighted by Gasteiger charge is 2.07. The van der Waals surface area contributed by atoms with Gasteiger partial charge in [-0.1, -0.05) is 6.92 Å². The van der Waals surface area contributed by atoms with Gasteiger partial charge in [0.2, 0.25) is 0 Å². The number of ketones is 1. The van der Waals surface area contributed by atoms with Crippen molar-refractivity contribution < 1.29 is 4.79 Å². The van der Waals surface area contributed by atoms with Crippen LogP contribution in [0.15, 0.2) is 42.6 Å². The lowest BCUT2D eigenvalue weighted by molar-refractivity contribution is 0.0983. The Balaban J connectivity index is 2.22. The number of anilines is 2. The highest BCUT2D eigenvalue weighted by molar-refractivity contribution is 5.94. The summed E-state index contributed by atoms with van der Waals surface area (Å²) in [5.74, 6) is 0.0394. The second kappa shape index (κ2) is 5.98. The summed E-state index contributed by atoms with van der Waals surface area (Å²) in [5.41, 5.74) is 2.97. The van der Waals surface area contributed by atoms with Crippen LogP contribution < -0.4 is 4.90 Å². The van der Waals surface area contributed by atoms with E-state index >= 15 is 0 Å². The monoisotopic (exact) mass is 265 g/mol. The number of Topliss-reactive ketones (excluding diaryl/α,β-unsaturated/α-hetero) is 1. The minimum absolute atomic E-state index is 0.0394. The maximum absolute atomic E-state index is 11.5. The van der Waals surface area contributed by atoms with Crippen molar-refractivity contribution in [3.63, 3.8) is 0 Å². The van der Waals surface area contributed by atoms with Crippen LogP contribution >= 0.6 is 0 Å². The largest absolute Gasteiger partial charge is 0.343 e. The Bertz CT molecular complexity index is 639. The molecule has 0 aliphatic carbocycles. The first kappa shape index (κ1) is 13.8. The van der Waals surface area contributed by atoms with Gasteiger partial charge in [0.1, 0.15) is 5.69 Å². The molecule has 0 spiro atoms. The number of aromatic nitrogens is 1. The molecule has 1 heterocycles. The van der Waals surface area contributed by atoms with Gasteiger partial charge in [-0.25, -0.2) is 0 Å². The van der Waals surface area contributed by atoms with E-state index in [-0.39, 0.29) is 5.78 Å². The number of carbonyl (C=O) groups is 1. The Morgan fingerprint density at radius 1 is 1.20 bits per heavy atom. The van der Waals surface area contributed by atoms with Gasteiger partial charge >= 0.3 is 0 Å².